The lowest BCUT2D eigenvalue weighted by molar-refractivity contribution is -0.133. The van der Waals surface area contributed by atoms with E-state index in [2.05, 4.69) is 21.1 Å². The van der Waals surface area contributed by atoms with Crippen LogP contribution in [0, 0.1) is 0 Å². The number of thiophene rings is 1. The maximum atomic E-state index is 12.6. The Morgan fingerprint density at radius 3 is 2.69 bits per heavy atom. The van der Waals surface area contributed by atoms with Gasteiger partial charge >= 0.3 is 0 Å². The number of benzene rings is 1. The SMILES string of the molecule is O=C(CCC(=O)N1CCN(Cc2nc(-c3ccsc3)no2)CC1)c1ccc2c(c1)CCC2. The molecule has 1 aliphatic carbocycles. The van der Waals surface area contributed by atoms with Crippen molar-refractivity contribution in [1.29, 1.82) is 0 Å². The molecule has 8 heteroatoms. The predicted octanol–water partition coefficient (Wildman–Crippen LogP) is 3.59. The molecular weight excluding hydrogens is 424 g/mol. The number of fused-ring (bicyclic) bond motifs is 1. The lowest BCUT2D eigenvalue weighted by Crippen LogP contribution is -2.48. The minimum absolute atomic E-state index is 0.0525. The van der Waals surface area contributed by atoms with Gasteiger partial charge in [0, 0.05) is 55.5 Å². The molecule has 0 atom stereocenters. The first-order valence-corrected chi connectivity index (χ1v) is 12.1. The summed E-state index contributed by atoms with van der Waals surface area (Å²) in [5, 5.41) is 8.03. The van der Waals surface area contributed by atoms with Gasteiger partial charge in [-0.15, -0.1) is 0 Å². The number of Topliss-reactive ketones (excluding diaryl/α,β-unsaturated/α-hetero) is 1. The molecule has 1 saturated heterocycles. The van der Waals surface area contributed by atoms with Crippen LogP contribution in [0.2, 0.25) is 0 Å². The minimum Gasteiger partial charge on any atom is -0.340 e. The summed E-state index contributed by atoms with van der Waals surface area (Å²) in [6, 6.07) is 7.98. The number of aromatic nitrogens is 2. The van der Waals surface area contributed by atoms with Gasteiger partial charge in [0.1, 0.15) is 0 Å². The molecule has 2 aromatic heterocycles. The highest BCUT2D eigenvalue weighted by atomic mass is 32.1. The highest BCUT2D eigenvalue weighted by Crippen LogP contribution is 2.24. The van der Waals surface area contributed by atoms with E-state index >= 15 is 0 Å². The van der Waals surface area contributed by atoms with Gasteiger partial charge in [-0.2, -0.15) is 16.3 Å². The summed E-state index contributed by atoms with van der Waals surface area (Å²) in [6.07, 6.45) is 3.86. The average Bonchev–Trinajstić information content (AvgIpc) is 3.58. The van der Waals surface area contributed by atoms with Crippen LogP contribution in [0.3, 0.4) is 0 Å². The molecule has 1 amide bonds. The number of ketones is 1. The van der Waals surface area contributed by atoms with Gasteiger partial charge in [0.15, 0.2) is 5.78 Å². The number of piperazine rings is 1. The lowest BCUT2D eigenvalue weighted by Gasteiger charge is -2.34. The Morgan fingerprint density at radius 1 is 1.03 bits per heavy atom. The Balaban J connectivity index is 1.07. The van der Waals surface area contributed by atoms with Crippen molar-refractivity contribution in [3.63, 3.8) is 0 Å². The van der Waals surface area contributed by atoms with E-state index in [-0.39, 0.29) is 24.5 Å². The molecule has 166 valence electrons. The number of nitrogens with zero attached hydrogens (tertiary/aromatic N) is 4. The maximum absolute atomic E-state index is 12.6. The quantitative estimate of drug-likeness (QED) is 0.512. The van der Waals surface area contributed by atoms with Crippen LogP contribution in [0.5, 0.6) is 0 Å². The van der Waals surface area contributed by atoms with Gasteiger partial charge in [0.25, 0.3) is 0 Å². The molecule has 2 aliphatic rings. The third-order valence-corrected chi connectivity index (χ3v) is 7.00. The molecular formula is C24H26N4O3S. The number of hydrogen-bond donors (Lipinski definition) is 0. The number of carbonyl (C=O) groups is 2. The van der Waals surface area contributed by atoms with Gasteiger partial charge in [-0.25, -0.2) is 0 Å². The summed E-state index contributed by atoms with van der Waals surface area (Å²) >= 11 is 1.60. The Morgan fingerprint density at radius 2 is 1.88 bits per heavy atom. The molecule has 7 nitrogen and oxygen atoms in total. The van der Waals surface area contributed by atoms with E-state index in [0.717, 1.165) is 37.1 Å². The van der Waals surface area contributed by atoms with Crippen LogP contribution in [-0.4, -0.2) is 57.8 Å². The molecule has 0 radical (unpaired) electrons. The maximum Gasteiger partial charge on any atom is 0.241 e. The van der Waals surface area contributed by atoms with Gasteiger partial charge in [0.05, 0.1) is 6.54 Å². The van der Waals surface area contributed by atoms with Crippen molar-refractivity contribution in [2.45, 2.75) is 38.6 Å². The molecule has 3 aromatic rings. The predicted molar refractivity (Wildman–Crippen MR) is 121 cm³/mol. The van der Waals surface area contributed by atoms with Gasteiger partial charge in [-0.05, 0) is 47.9 Å². The van der Waals surface area contributed by atoms with Crippen molar-refractivity contribution < 1.29 is 14.1 Å². The monoisotopic (exact) mass is 450 g/mol. The number of carbonyl (C=O) groups excluding carboxylic acids is 2. The molecule has 1 aromatic carbocycles. The second kappa shape index (κ2) is 9.34. The van der Waals surface area contributed by atoms with Crippen molar-refractivity contribution in [2.24, 2.45) is 0 Å². The summed E-state index contributed by atoms with van der Waals surface area (Å²) < 4.78 is 5.38. The van der Waals surface area contributed by atoms with Crippen LogP contribution >= 0.6 is 11.3 Å². The van der Waals surface area contributed by atoms with Gasteiger partial charge in [-0.3, -0.25) is 14.5 Å². The Bertz CT molecular complexity index is 1100. The second-order valence-corrected chi connectivity index (χ2v) is 9.22. The summed E-state index contributed by atoms with van der Waals surface area (Å²) in [5.74, 6) is 1.32. The van der Waals surface area contributed by atoms with Gasteiger partial charge < -0.3 is 9.42 Å². The molecule has 5 rings (SSSR count). The first-order chi connectivity index (χ1) is 15.7. The van der Waals surface area contributed by atoms with Crippen molar-refractivity contribution in [3.05, 3.63) is 57.6 Å². The smallest absolute Gasteiger partial charge is 0.241 e. The van der Waals surface area contributed by atoms with Crippen molar-refractivity contribution in [3.8, 4) is 11.4 Å². The first kappa shape index (κ1) is 21.0. The zero-order valence-electron chi connectivity index (χ0n) is 18.0. The molecule has 0 spiro atoms. The van der Waals surface area contributed by atoms with Crippen LogP contribution < -0.4 is 0 Å². The van der Waals surface area contributed by atoms with E-state index in [4.69, 9.17) is 4.52 Å². The highest BCUT2D eigenvalue weighted by molar-refractivity contribution is 7.08. The number of aryl methyl sites for hydroxylation is 2. The molecule has 3 heterocycles. The van der Waals surface area contributed by atoms with Crippen LogP contribution in [0.25, 0.3) is 11.4 Å². The second-order valence-electron chi connectivity index (χ2n) is 8.44. The molecule has 0 bridgehead atoms. The fraction of sp³-hybridized carbons (Fsp3) is 0.417. The third kappa shape index (κ3) is 4.66. The van der Waals surface area contributed by atoms with E-state index in [1.807, 2.05) is 33.9 Å². The number of hydrogen-bond acceptors (Lipinski definition) is 7. The molecule has 0 N–H and O–H groups in total. The minimum atomic E-state index is 0.0525. The number of amides is 1. The van der Waals surface area contributed by atoms with Gasteiger partial charge in [0.2, 0.25) is 17.6 Å². The van der Waals surface area contributed by atoms with E-state index in [9.17, 15) is 9.59 Å². The van der Waals surface area contributed by atoms with Crippen molar-refractivity contribution >= 4 is 23.0 Å². The zero-order chi connectivity index (χ0) is 21.9. The normalized spacial score (nSPS) is 16.3. The average molecular weight is 451 g/mol. The third-order valence-electron chi connectivity index (χ3n) is 6.32. The van der Waals surface area contributed by atoms with E-state index < -0.39 is 0 Å². The van der Waals surface area contributed by atoms with Crippen LogP contribution in [-0.2, 0) is 24.2 Å². The number of rotatable bonds is 7. The summed E-state index contributed by atoms with van der Waals surface area (Å²) in [7, 11) is 0. The zero-order valence-corrected chi connectivity index (χ0v) is 18.8. The molecule has 1 fully saturated rings. The van der Waals surface area contributed by atoms with Gasteiger partial charge in [-0.1, -0.05) is 17.3 Å². The van der Waals surface area contributed by atoms with Crippen LogP contribution in [0.1, 0.15) is 46.6 Å². The Kier molecular flexibility index (Phi) is 6.14. The van der Waals surface area contributed by atoms with Crippen LogP contribution in [0.15, 0.2) is 39.5 Å². The molecule has 1 aliphatic heterocycles. The first-order valence-electron chi connectivity index (χ1n) is 11.2. The van der Waals surface area contributed by atoms with E-state index in [1.54, 1.807) is 11.3 Å². The highest BCUT2D eigenvalue weighted by Gasteiger charge is 2.23. The van der Waals surface area contributed by atoms with E-state index in [0.29, 0.717) is 31.3 Å². The molecule has 32 heavy (non-hydrogen) atoms. The van der Waals surface area contributed by atoms with Crippen molar-refractivity contribution in [1.82, 2.24) is 19.9 Å². The standard InChI is InChI=1S/C24H26N4O3S/c29-21(19-5-4-17-2-1-3-18(17)14-19)6-7-23(30)28-11-9-27(10-12-28)15-22-25-24(26-31-22)20-8-13-32-16-20/h4-5,8,13-14,16H,1-3,6-7,9-12,15H2. The fourth-order valence-corrected chi connectivity index (χ4v) is 5.08. The summed E-state index contributed by atoms with van der Waals surface area (Å²) in [4.78, 5) is 33.7. The van der Waals surface area contributed by atoms with Crippen LogP contribution in [0.4, 0.5) is 0 Å². The topological polar surface area (TPSA) is 79.5 Å². The summed E-state index contributed by atoms with van der Waals surface area (Å²) in [5.41, 5.74) is 4.36. The van der Waals surface area contributed by atoms with E-state index in [1.165, 1.54) is 17.5 Å². The molecule has 0 unspecified atom stereocenters. The fourth-order valence-electron chi connectivity index (χ4n) is 4.44. The molecule has 0 saturated carbocycles. The van der Waals surface area contributed by atoms with Crippen molar-refractivity contribution in [2.75, 3.05) is 26.2 Å². The summed E-state index contributed by atoms with van der Waals surface area (Å²) in [6.45, 7) is 3.38. The Labute approximate surface area is 191 Å². The largest absolute Gasteiger partial charge is 0.340 e. The Hall–Kier alpha value is -2.84. The lowest BCUT2D eigenvalue weighted by atomic mass is 10.0.